The summed E-state index contributed by atoms with van der Waals surface area (Å²) < 4.78 is 93.4. The van der Waals surface area contributed by atoms with Crippen LogP contribution < -0.4 is 0 Å². The molecule has 4 rings (SSSR count). The molecule has 1 atom stereocenters. The van der Waals surface area contributed by atoms with Crippen LogP contribution in [0.5, 0.6) is 0 Å². The van der Waals surface area contributed by atoms with E-state index in [-0.39, 0.29) is 19.3 Å². The first-order chi connectivity index (χ1) is 10.4. The zero-order valence-corrected chi connectivity index (χ0v) is 11.5. The summed E-state index contributed by atoms with van der Waals surface area (Å²) in [6.07, 6.45) is -9.17. The molecule has 0 aliphatic heterocycles. The Morgan fingerprint density at radius 1 is 1.13 bits per heavy atom. The Bertz CT molecular complexity index is 687. The number of rotatable bonds is 1. The molecule has 1 aromatic rings. The third-order valence-corrected chi connectivity index (χ3v) is 5.21. The monoisotopic (exact) mass is 344 g/mol. The number of fused-ring (bicyclic) bond motifs is 1. The number of aromatic nitrogens is 2. The first-order valence-corrected chi connectivity index (χ1v) is 7.00. The normalized spacial score (nSPS) is 36.9. The number of alkyl halides is 7. The SMILES string of the molecule is O[C@H]1c2c(C(F)(F)F)nn([C@H]3C[C@@]4(CC4(F)F)C3)c2CC1(F)F. The van der Waals surface area contributed by atoms with Gasteiger partial charge in [0.05, 0.1) is 18.2 Å². The van der Waals surface area contributed by atoms with Crippen molar-refractivity contribution in [2.75, 3.05) is 0 Å². The molecule has 0 bridgehead atoms. The van der Waals surface area contributed by atoms with Gasteiger partial charge in [-0.3, -0.25) is 4.68 Å². The van der Waals surface area contributed by atoms with Gasteiger partial charge in [0.25, 0.3) is 11.8 Å². The summed E-state index contributed by atoms with van der Waals surface area (Å²) in [4.78, 5) is 0. The molecule has 3 aliphatic carbocycles. The quantitative estimate of drug-likeness (QED) is 0.792. The van der Waals surface area contributed by atoms with Crippen molar-refractivity contribution >= 4 is 0 Å². The molecule has 2 fully saturated rings. The summed E-state index contributed by atoms with van der Waals surface area (Å²) in [7, 11) is 0. The number of hydrogen-bond donors (Lipinski definition) is 1. The molecule has 3 nitrogen and oxygen atoms in total. The van der Waals surface area contributed by atoms with Crippen LogP contribution in [0.15, 0.2) is 0 Å². The highest BCUT2D eigenvalue weighted by molar-refractivity contribution is 5.39. The van der Waals surface area contributed by atoms with Gasteiger partial charge in [-0.1, -0.05) is 0 Å². The number of nitrogens with zero attached hydrogens (tertiary/aromatic N) is 2. The molecule has 0 aromatic carbocycles. The van der Waals surface area contributed by atoms with Crippen LogP contribution in [0.4, 0.5) is 30.7 Å². The summed E-state index contributed by atoms with van der Waals surface area (Å²) in [5.74, 6) is -6.56. The van der Waals surface area contributed by atoms with Crippen LogP contribution in [0.3, 0.4) is 0 Å². The highest BCUT2D eigenvalue weighted by Crippen LogP contribution is 2.74. The number of aliphatic hydroxyl groups excluding tert-OH is 1. The highest BCUT2D eigenvalue weighted by Gasteiger charge is 2.76. The summed E-state index contributed by atoms with van der Waals surface area (Å²) in [6, 6.07) is -0.769. The summed E-state index contributed by atoms with van der Waals surface area (Å²) in [6.45, 7) is 0. The van der Waals surface area contributed by atoms with Crippen molar-refractivity contribution in [1.82, 2.24) is 9.78 Å². The van der Waals surface area contributed by atoms with Gasteiger partial charge in [-0.05, 0) is 12.8 Å². The van der Waals surface area contributed by atoms with Gasteiger partial charge >= 0.3 is 6.18 Å². The van der Waals surface area contributed by atoms with Gasteiger partial charge in [-0.2, -0.15) is 18.3 Å². The smallest absolute Gasteiger partial charge is 0.382 e. The fraction of sp³-hybridized carbons (Fsp3) is 0.769. The lowest BCUT2D eigenvalue weighted by Crippen LogP contribution is -2.34. The van der Waals surface area contributed by atoms with E-state index in [1.165, 1.54) is 0 Å². The van der Waals surface area contributed by atoms with Crippen molar-refractivity contribution in [2.45, 2.75) is 55.9 Å². The van der Waals surface area contributed by atoms with Crippen LogP contribution in [-0.4, -0.2) is 26.7 Å². The average Bonchev–Trinajstić information content (AvgIpc) is 2.64. The number of hydrogen-bond acceptors (Lipinski definition) is 2. The van der Waals surface area contributed by atoms with Crippen LogP contribution in [-0.2, 0) is 12.6 Å². The van der Waals surface area contributed by atoms with Crippen molar-refractivity contribution in [3.8, 4) is 0 Å². The van der Waals surface area contributed by atoms with E-state index < -0.39 is 59.0 Å². The fourth-order valence-corrected chi connectivity index (χ4v) is 3.83. The fourth-order valence-electron chi connectivity index (χ4n) is 3.83. The van der Waals surface area contributed by atoms with E-state index in [0.29, 0.717) is 0 Å². The van der Waals surface area contributed by atoms with Crippen LogP contribution in [0.2, 0.25) is 0 Å². The Balaban J connectivity index is 1.72. The lowest BCUT2D eigenvalue weighted by molar-refractivity contribution is -0.147. The van der Waals surface area contributed by atoms with Gasteiger partial charge in [-0.15, -0.1) is 0 Å². The lowest BCUT2D eigenvalue weighted by Gasteiger charge is -2.36. The van der Waals surface area contributed by atoms with E-state index in [1.807, 2.05) is 0 Å². The molecule has 0 unspecified atom stereocenters. The topological polar surface area (TPSA) is 38.1 Å². The van der Waals surface area contributed by atoms with Crippen molar-refractivity contribution in [2.24, 2.45) is 5.41 Å². The standard InChI is InChI=1S/C13H11F7N2O/c14-11(15)3-6-7(9(11)23)8(13(18,19)20)21-22(6)5-1-10(2-5)4-12(10,16)17/h5,9,23H,1-4H2/t5-,9-,10-/m0/s1. The molecular formula is C13H11F7N2O. The largest absolute Gasteiger partial charge is 0.435 e. The number of halogens is 7. The van der Waals surface area contributed by atoms with Crippen molar-refractivity contribution in [3.63, 3.8) is 0 Å². The maximum absolute atomic E-state index is 13.6. The second kappa shape index (κ2) is 3.84. The maximum Gasteiger partial charge on any atom is 0.435 e. The predicted octanol–water partition coefficient (Wildman–Crippen LogP) is 3.49. The van der Waals surface area contributed by atoms with Crippen LogP contribution in [0, 0.1) is 5.41 Å². The third-order valence-electron chi connectivity index (χ3n) is 5.21. The maximum atomic E-state index is 13.6. The summed E-state index contributed by atoms with van der Waals surface area (Å²) >= 11 is 0. The van der Waals surface area contributed by atoms with E-state index in [0.717, 1.165) is 4.68 Å². The molecule has 10 heteroatoms. The van der Waals surface area contributed by atoms with E-state index >= 15 is 0 Å². The Morgan fingerprint density at radius 2 is 1.70 bits per heavy atom. The van der Waals surface area contributed by atoms with Gasteiger partial charge in [0, 0.05) is 17.4 Å². The highest BCUT2D eigenvalue weighted by atomic mass is 19.4. The zero-order chi connectivity index (χ0) is 17.0. The third kappa shape index (κ3) is 1.84. The van der Waals surface area contributed by atoms with Gasteiger partial charge in [0.2, 0.25) is 0 Å². The summed E-state index contributed by atoms with van der Waals surface area (Å²) in [5, 5.41) is 12.8. The van der Waals surface area contributed by atoms with Crippen LogP contribution >= 0.6 is 0 Å². The zero-order valence-electron chi connectivity index (χ0n) is 11.5. The Kier molecular flexibility index (Phi) is 2.54. The minimum absolute atomic E-state index is 0.0902. The van der Waals surface area contributed by atoms with E-state index in [9.17, 15) is 35.8 Å². The molecule has 1 spiro atoms. The first kappa shape index (κ1) is 15.2. The van der Waals surface area contributed by atoms with E-state index in [4.69, 9.17) is 0 Å². The van der Waals surface area contributed by atoms with Crippen molar-refractivity contribution in [1.29, 1.82) is 0 Å². The van der Waals surface area contributed by atoms with E-state index in [2.05, 4.69) is 5.10 Å². The Morgan fingerprint density at radius 3 is 2.17 bits per heavy atom. The molecule has 1 N–H and O–H groups in total. The summed E-state index contributed by atoms with van der Waals surface area (Å²) in [5.41, 5.74) is -4.10. The molecule has 1 aromatic heterocycles. The van der Waals surface area contributed by atoms with Gasteiger partial charge in [-0.25, -0.2) is 17.6 Å². The molecular weight excluding hydrogens is 333 g/mol. The molecule has 0 saturated heterocycles. The van der Waals surface area contributed by atoms with Gasteiger partial charge < -0.3 is 5.11 Å². The van der Waals surface area contributed by atoms with Crippen molar-refractivity contribution in [3.05, 3.63) is 17.0 Å². The first-order valence-electron chi connectivity index (χ1n) is 7.00. The van der Waals surface area contributed by atoms with Gasteiger partial charge in [0.15, 0.2) is 5.69 Å². The molecule has 23 heavy (non-hydrogen) atoms. The van der Waals surface area contributed by atoms with Crippen molar-refractivity contribution < 1.29 is 35.8 Å². The molecule has 128 valence electrons. The average molecular weight is 344 g/mol. The molecule has 1 heterocycles. The lowest BCUT2D eigenvalue weighted by atomic mass is 9.76. The van der Waals surface area contributed by atoms with E-state index in [1.54, 1.807) is 0 Å². The Hall–Kier alpha value is -1.32. The minimum atomic E-state index is -5.00. The molecule has 3 aliphatic rings. The van der Waals surface area contributed by atoms with Gasteiger partial charge in [0.1, 0.15) is 6.10 Å². The predicted molar refractivity (Wildman–Crippen MR) is 61.1 cm³/mol. The van der Waals surface area contributed by atoms with Crippen LogP contribution in [0.1, 0.15) is 48.4 Å². The molecule has 0 amide bonds. The second-order valence-corrected chi connectivity index (χ2v) is 6.72. The Labute approximate surface area is 125 Å². The molecule has 2 saturated carbocycles. The second-order valence-electron chi connectivity index (χ2n) is 6.72. The van der Waals surface area contributed by atoms with Crippen LogP contribution in [0.25, 0.3) is 0 Å². The minimum Gasteiger partial charge on any atom is -0.382 e. The number of aliphatic hydroxyl groups is 1. The molecule has 0 radical (unpaired) electrons.